The second kappa shape index (κ2) is 6.40. The van der Waals surface area contributed by atoms with Crippen LogP contribution >= 0.6 is 0 Å². The highest BCUT2D eigenvalue weighted by molar-refractivity contribution is 5.54. The molecule has 1 aromatic heterocycles. The van der Waals surface area contributed by atoms with Gasteiger partial charge in [-0.2, -0.15) is 4.98 Å². The van der Waals surface area contributed by atoms with Crippen LogP contribution in [0.2, 0.25) is 0 Å². The quantitative estimate of drug-likeness (QED) is 0.917. The maximum Gasteiger partial charge on any atom is 0.222 e. The van der Waals surface area contributed by atoms with E-state index in [1.165, 1.54) is 11.1 Å². The van der Waals surface area contributed by atoms with Gasteiger partial charge in [-0.05, 0) is 37.8 Å². The van der Waals surface area contributed by atoms with Gasteiger partial charge < -0.3 is 15.5 Å². The number of rotatable bonds is 2. The Morgan fingerprint density at radius 3 is 2.54 bits per heavy atom. The Balaban J connectivity index is 1.63. The van der Waals surface area contributed by atoms with Gasteiger partial charge in [0.1, 0.15) is 5.82 Å². The second-order valence-electron chi connectivity index (χ2n) is 6.97. The average Bonchev–Trinajstić information content (AvgIpc) is 2.62. The van der Waals surface area contributed by atoms with Crippen LogP contribution in [-0.2, 0) is 12.8 Å². The zero-order chi connectivity index (χ0) is 16.5. The summed E-state index contributed by atoms with van der Waals surface area (Å²) in [6.07, 6.45) is 3.16. The SMILES string of the molecule is CN1CCN(c2nc(N)nc3c2CCC(c2ccccc2)C3)CC1. The normalized spacial score (nSPS) is 21.5. The van der Waals surface area contributed by atoms with Crippen LogP contribution in [0.25, 0.3) is 0 Å². The molecule has 1 aliphatic heterocycles. The van der Waals surface area contributed by atoms with Crippen LogP contribution < -0.4 is 10.6 Å². The van der Waals surface area contributed by atoms with Gasteiger partial charge in [-0.3, -0.25) is 0 Å². The molecule has 1 fully saturated rings. The standard InChI is InChI=1S/C19H25N5/c1-23-9-11-24(12-10-23)18-16-8-7-15(14-5-3-2-4-6-14)13-17(16)21-19(20)22-18/h2-6,15H,7-13H2,1H3,(H2,20,21,22). The number of aromatic nitrogens is 2. The maximum atomic E-state index is 6.04. The fourth-order valence-electron chi connectivity index (χ4n) is 3.90. The number of benzene rings is 1. The Morgan fingerprint density at radius 1 is 1.04 bits per heavy atom. The van der Waals surface area contributed by atoms with Crippen molar-refractivity contribution in [1.82, 2.24) is 14.9 Å². The molecule has 0 amide bonds. The van der Waals surface area contributed by atoms with Gasteiger partial charge in [-0.25, -0.2) is 4.98 Å². The van der Waals surface area contributed by atoms with E-state index >= 15 is 0 Å². The van der Waals surface area contributed by atoms with Crippen molar-refractivity contribution < 1.29 is 0 Å². The van der Waals surface area contributed by atoms with Crippen LogP contribution in [0.1, 0.15) is 29.2 Å². The zero-order valence-electron chi connectivity index (χ0n) is 14.3. The summed E-state index contributed by atoms with van der Waals surface area (Å²) in [6.45, 7) is 4.18. The monoisotopic (exact) mass is 323 g/mol. The summed E-state index contributed by atoms with van der Waals surface area (Å²) in [4.78, 5) is 13.9. The lowest BCUT2D eigenvalue weighted by Crippen LogP contribution is -2.45. The summed E-state index contributed by atoms with van der Waals surface area (Å²) < 4.78 is 0. The highest BCUT2D eigenvalue weighted by atomic mass is 15.3. The van der Waals surface area contributed by atoms with E-state index < -0.39 is 0 Å². The molecule has 24 heavy (non-hydrogen) atoms. The Bertz CT molecular complexity index is 707. The molecule has 5 nitrogen and oxygen atoms in total. The van der Waals surface area contributed by atoms with Crippen LogP contribution in [0.5, 0.6) is 0 Å². The minimum absolute atomic E-state index is 0.413. The van der Waals surface area contributed by atoms with E-state index in [0.717, 1.165) is 57.0 Å². The Hall–Kier alpha value is -2.14. The first-order valence-electron chi connectivity index (χ1n) is 8.84. The molecule has 1 saturated heterocycles. The van der Waals surface area contributed by atoms with Crippen molar-refractivity contribution in [2.24, 2.45) is 0 Å². The fraction of sp³-hybridized carbons (Fsp3) is 0.474. The van der Waals surface area contributed by atoms with Crippen molar-refractivity contribution in [2.45, 2.75) is 25.2 Å². The molecule has 2 aromatic rings. The predicted octanol–water partition coefficient (Wildman–Crippen LogP) is 2.08. The molecule has 0 spiro atoms. The van der Waals surface area contributed by atoms with Gasteiger partial charge in [0.15, 0.2) is 0 Å². The van der Waals surface area contributed by atoms with E-state index in [9.17, 15) is 0 Å². The van der Waals surface area contributed by atoms with Gasteiger partial charge in [0, 0.05) is 31.7 Å². The van der Waals surface area contributed by atoms with Crippen molar-refractivity contribution in [3.8, 4) is 0 Å². The third kappa shape index (κ3) is 2.96. The largest absolute Gasteiger partial charge is 0.368 e. The van der Waals surface area contributed by atoms with Crippen molar-refractivity contribution in [1.29, 1.82) is 0 Å². The molecule has 2 heterocycles. The number of hydrogen-bond acceptors (Lipinski definition) is 5. The van der Waals surface area contributed by atoms with E-state index in [4.69, 9.17) is 5.73 Å². The first-order chi connectivity index (χ1) is 11.7. The van der Waals surface area contributed by atoms with Gasteiger partial charge in [-0.1, -0.05) is 30.3 Å². The lowest BCUT2D eigenvalue weighted by atomic mass is 9.82. The van der Waals surface area contributed by atoms with E-state index in [0.29, 0.717) is 11.9 Å². The van der Waals surface area contributed by atoms with Gasteiger partial charge in [0.05, 0.1) is 5.69 Å². The van der Waals surface area contributed by atoms with Crippen LogP contribution in [-0.4, -0.2) is 48.1 Å². The van der Waals surface area contributed by atoms with Gasteiger partial charge >= 0.3 is 0 Å². The number of nitrogens with zero attached hydrogens (tertiary/aromatic N) is 4. The minimum Gasteiger partial charge on any atom is -0.368 e. The fourth-order valence-corrected chi connectivity index (χ4v) is 3.90. The topological polar surface area (TPSA) is 58.3 Å². The van der Waals surface area contributed by atoms with Crippen molar-refractivity contribution in [3.63, 3.8) is 0 Å². The van der Waals surface area contributed by atoms with E-state index in [-0.39, 0.29) is 0 Å². The molecule has 5 heteroatoms. The van der Waals surface area contributed by atoms with Crippen molar-refractivity contribution in [3.05, 3.63) is 47.2 Å². The first-order valence-corrected chi connectivity index (χ1v) is 8.84. The van der Waals surface area contributed by atoms with Crippen molar-refractivity contribution >= 4 is 11.8 Å². The smallest absolute Gasteiger partial charge is 0.222 e. The van der Waals surface area contributed by atoms with E-state index in [2.05, 4.69) is 57.1 Å². The third-order valence-corrected chi connectivity index (χ3v) is 5.34. The molecule has 4 rings (SSSR count). The van der Waals surface area contributed by atoms with E-state index in [1.54, 1.807) is 0 Å². The molecule has 0 bridgehead atoms. The van der Waals surface area contributed by atoms with Crippen molar-refractivity contribution in [2.75, 3.05) is 43.9 Å². The number of hydrogen-bond donors (Lipinski definition) is 1. The number of likely N-dealkylation sites (N-methyl/N-ethyl adjacent to an activating group) is 1. The molecular formula is C19H25N5. The Kier molecular flexibility index (Phi) is 4.10. The summed E-state index contributed by atoms with van der Waals surface area (Å²) in [5, 5.41) is 0. The van der Waals surface area contributed by atoms with Crippen LogP contribution in [0.15, 0.2) is 30.3 Å². The molecule has 0 radical (unpaired) electrons. The number of nitrogens with two attached hydrogens (primary N) is 1. The highest BCUT2D eigenvalue weighted by Crippen LogP contribution is 2.36. The summed E-state index contributed by atoms with van der Waals surface area (Å²) >= 11 is 0. The molecule has 1 unspecified atom stereocenters. The minimum atomic E-state index is 0.413. The van der Waals surface area contributed by atoms with Gasteiger partial charge in [-0.15, -0.1) is 0 Å². The highest BCUT2D eigenvalue weighted by Gasteiger charge is 2.27. The lowest BCUT2D eigenvalue weighted by molar-refractivity contribution is 0.311. The summed E-state index contributed by atoms with van der Waals surface area (Å²) in [5.74, 6) is 2.03. The number of fused-ring (bicyclic) bond motifs is 1. The molecule has 1 aliphatic carbocycles. The summed E-state index contributed by atoms with van der Waals surface area (Å²) in [6, 6.07) is 10.8. The molecule has 2 N–H and O–H groups in total. The average molecular weight is 323 g/mol. The molecular weight excluding hydrogens is 298 g/mol. The maximum absolute atomic E-state index is 6.04. The molecule has 2 aliphatic rings. The zero-order valence-corrected chi connectivity index (χ0v) is 14.3. The third-order valence-electron chi connectivity index (χ3n) is 5.34. The van der Waals surface area contributed by atoms with Gasteiger partial charge in [0.2, 0.25) is 5.95 Å². The summed E-state index contributed by atoms with van der Waals surface area (Å²) in [7, 11) is 2.17. The van der Waals surface area contributed by atoms with Crippen LogP contribution in [0, 0.1) is 0 Å². The van der Waals surface area contributed by atoms with E-state index in [1.807, 2.05) is 0 Å². The van der Waals surface area contributed by atoms with Crippen LogP contribution in [0.3, 0.4) is 0 Å². The van der Waals surface area contributed by atoms with Gasteiger partial charge in [0.25, 0.3) is 0 Å². The predicted molar refractivity (Wildman–Crippen MR) is 97.4 cm³/mol. The molecule has 1 atom stereocenters. The Morgan fingerprint density at radius 2 is 1.79 bits per heavy atom. The second-order valence-corrected chi connectivity index (χ2v) is 6.97. The number of piperazine rings is 1. The number of anilines is 2. The lowest BCUT2D eigenvalue weighted by Gasteiger charge is -2.36. The molecule has 0 saturated carbocycles. The molecule has 126 valence electrons. The number of nitrogen functional groups attached to an aromatic ring is 1. The first kappa shape index (κ1) is 15.4. The van der Waals surface area contributed by atoms with Crippen LogP contribution in [0.4, 0.5) is 11.8 Å². The Labute approximate surface area is 143 Å². The molecule has 1 aromatic carbocycles. The summed E-state index contributed by atoms with van der Waals surface area (Å²) in [5.41, 5.74) is 9.92.